The predicted molar refractivity (Wildman–Crippen MR) is 90.5 cm³/mol. The van der Waals surface area contributed by atoms with Gasteiger partial charge in [-0.1, -0.05) is 48.2 Å². The molecule has 0 fully saturated rings. The number of hydrogen-bond donors (Lipinski definition) is 1. The van der Waals surface area contributed by atoms with E-state index < -0.39 is 0 Å². The molecule has 1 aromatic carbocycles. The summed E-state index contributed by atoms with van der Waals surface area (Å²) in [7, 11) is 1.98. The molecule has 3 heteroatoms. The Hall–Kier alpha value is -0.540. The van der Waals surface area contributed by atoms with Crippen LogP contribution in [0.15, 0.2) is 22.7 Å². The Morgan fingerprint density at radius 1 is 1.20 bits per heavy atom. The normalized spacial score (nSPS) is 14.1. The van der Waals surface area contributed by atoms with Crippen molar-refractivity contribution in [2.45, 2.75) is 65.0 Å². The minimum Gasteiger partial charge on any atom is -0.490 e. The fourth-order valence-corrected chi connectivity index (χ4v) is 2.60. The van der Waals surface area contributed by atoms with E-state index in [4.69, 9.17) is 4.74 Å². The summed E-state index contributed by atoms with van der Waals surface area (Å²) in [5, 5.41) is 3.28. The zero-order valence-corrected chi connectivity index (χ0v) is 14.8. The lowest BCUT2D eigenvalue weighted by Crippen LogP contribution is -2.17. The summed E-state index contributed by atoms with van der Waals surface area (Å²) in [6.07, 6.45) is 6.56. The molecule has 0 aliphatic carbocycles. The van der Waals surface area contributed by atoms with Crippen LogP contribution in [-0.4, -0.2) is 13.2 Å². The molecule has 0 amide bonds. The zero-order valence-electron chi connectivity index (χ0n) is 13.2. The van der Waals surface area contributed by atoms with Gasteiger partial charge in [-0.25, -0.2) is 0 Å². The largest absolute Gasteiger partial charge is 0.490 e. The molecule has 0 radical (unpaired) electrons. The lowest BCUT2D eigenvalue weighted by atomic mass is 10.1. The van der Waals surface area contributed by atoms with Crippen molar-refractivity contribution in [2.24, 2.45) is 0 Å². The monoisotopic (exact) mass is 341 g/mol. The molecule has 0 bridgehead atoms. The van der Waals surface area contributed by atoms with Crippen molar-refractivity contribution < 1.29 is 4.74 Å². The minimum absolute atomic E-state index is 0.268. The second-order valence-corrected chi connectivity index (χ2v) is 6.39. The van der Waals surface area contributed by atoms with E-state index >= 15 is 0 Å². The van der Waals surface area contributed by atoms with Crippen molar-refractivity contribution >= 4 is 15.9 Å². The zero-order chi connectivity index (χ0) is 15.0. The molecule has 0 heterocycles. The Bertz CT molecular complexity index is 395. The predicted octanol–water partition coefficient (Wildman–Crippen LogP) is 5.47. The molecule has 2 atom stereocenters. The average molecular weight is 342 g/mol. The molecule has 0 saturated carbocycles. The number of nitrogens with one attached hydrogen (secondary N) is 1. The van der Waals surface area contributed by atoms with Gasteiger partial charge in [-0.3, -0.25) is 0 Å². The molecule has 0 aliphatic heterocycles. The van der Waals surface area contributed by atoms with Crippen LogP contribution in [0.5, 0.6) is 5.75 Å². The van der Waals surface area contributed by atoms with E-state index in [2.05, 4.69) is 60.2 Å². The fraction of sp³-hybridized carbons (Fsp3) is 0.647. The molecular weight excluding hydrogens is 314 g/mol. The van der Waals surface area contributed by atoms with Crippen LogP contribution in [0.1, 0.15) is 64.5 Å². The van der Waals surface area contributed by atoms with E-state index in [0.29, 0.717) is 6.04 Å². The number of halogens is 1. The molecule has 0 saturated heterocycles. The van der Waals surface area contributed by atoms with E-state index in [9.17, 15) is 0 Å². The third-order valence-electron chi connectivity index (χ3n) is 3.67. The highest BCUT2D eigenvalue weighted by Gasteiger charge is 2.13. The first-order valence-electron chi connectivity index (χ1n) is 7.71. The average Bonchev–Trinajstić information content (AvgIpc) is 2.43. The Morgan fingerprint density at radius 2 is 1.95 bits per heavy atom. The molecule has 1 rings (SSSR count). The first kappa shape index (κ1) is 17.5. The highest BCUT2D eigenvalue weighted by molar-refractivity contribution is 9.10. The molecule has 2 unspecified atom stereocenters. The van der Waals surface area contributed by atoms with Crippen LogP contribution in [0.3, 0.4) is 0 Å². The first-order valence-corrected chi connectivity index (χ1v) is 8.51. The van der Waals surface area contributed by atoms with Gasteiger partial charge in [-0.05, 0) is 45.9 Å². The number of ether oxygens (including phenoxy) is 1. The van der Waals surface area contributed by atoms with Gasteiger partial charge in [0.15, 0.2) is 0 Å². The van der Waals surface area contributed by atoms with Gasteiger partial charge in [-0.2, -0.15) is 0 Å². The quantitative estimate of drug-likeness (QED) is 0.601. The SMILES string of the molecule is CCCCCCC(C)Oc1cc(Br)ccc1C(C)NC. The van der Waals surface area contributed by atoms with Gasteiger partial charge in [0.25, 0.3) is 0 Å². The summed E-state index contributed by atoms with van der Waals surface area (Å²) in [6, 6.07) is 6.57. The standard InChI is InChI=1S/C17H28BrNO/c1-5-6-7-8-9-13(2)20-17-12-15(18)10-11-16(17)14(3)19-4/h10-14,19H,5-9H2,1-4H3. The van der Waals surface area contributed by atoms with E-state index in [1.807, 2.05) is 7.05 Å². The maximum Gasteiger partial charge on any atom is 0.125 e. The Balaban J connectivity index is 2.63. The molecule has 0 spiro atoms. The van der Waals surface area contributed by atoms with Crippen LogP contribution >= 0.6 is 15.9 Å². The van der Waals surface area contributed by atoms with Crippen LogP contribution in [-0.2, 0) is 0 Å². The van der Waals surface area contributed by atoms with Gasteiger partial charge in [-0.15, -0.1) is 0 Å². The summed E-state index contributed by atoms with van der Waals surface area (Å²) in [6.45, 7) is 6.57. The van der Waals surface area contributed by atoms with Crippen molar-refractivity contribution in [1.29, 1.82) is 0 Å². The maximum atomic E-state index is 6.16. The number of hydrogen-bond acceptors (Lipinski definition) is 2. The molecule has 0 aromatic heterocycles. The molecule has 1 aromatic rings. The lowest BCUT2D eigenvalue weighted by molar-refractivity contribution is 0.203. The molecule has 20 heavy (non-hydrogen) atoms. The minimum atomic E-state index is 0.268. The van der Waals surface area contributed by atoms with E-state index in [1.165, 1.54) is 31.2 Å². The van der Waals surface area contributed by atoms with Gasteiger partial charge in [0.1, 0.15) is 5.75 Å². The Kier molecular flexibility index (Phi) is 8.24. The first-order chi connectivity index (χ1) is 9.58. The van der Waals surface area contributed by atoms with Crippen LogP contribution in [0.4, 0.5) is 0 Å². The van der Waals surface area contributed by atoms with Gasteiger partial charge in [0, 0.05) is 16.1 Å². The van der Waals surface area contributed by atoms with Crippen molar-refractivity contribution in [3.8, 4) is 5.75 Å². The summed E-state index contributed by atoms with van der Waals surface area (Å²) in [5.41, 5.74) is 1.22. The third-order valence-corrected chi connectivity index (χ3v) is 4.16. The highest BCUT2D eigenvalue weighted by atomic mass is 79.9. The summed E-state index contributed by atoms with van der Waals surface area (Å²) in [5.74, 6) is 0.990. The van der Waals surface area contributed by atoms with E-state index in [0.717, 1.165) is 16.6 Å². The van der Waals surface area contributed by atoms with Crippen molar-refractivity contribution in [2.75, 3.05) is 7.05 Å². The molecule has 2 nitrogen and oxygen atoms in total. The van der Waals surface area contributed by atoms with Gasteiger partial charge in [0.05, 0.1) is 6.10 Å². The van der Waals surface area contributed by atoms with Crippen LogP contribution in [0.25, 0.3) is 0 Å². The lowest BCUT2D eigenvalue weighted by Gasteiger charge is -2.20. The van der Waals surface area contributed by atoms with E-state index in [-0.39, 0.29) is 6.10 Å². The van der Waals surface area contributed by atoms with Crippen LogP contribution in [0.2, 0.25) is 0 Å². The van der Waals surface area contributed by atoms with Crippen molar-refractivity contribution in [3.63, 3.8) is 0 Å². The molecule has 0 aliphatic rings. The second-order valence-electron chi connectivity index (χ2n) is 5.47. The summed E-state index contributed by atoms with van der Waals surface area (Å²) < 4.78 is 7.23. The topological polar surface area (TPSA) is 21.3 Å². The highest BCUT2D eigenvalue weighted by Crippen LogP contribution is 2.30. The molecular formula is C17H28BrNO. The van der Waals surface area contributed by atoms with Crippen LogP contribution < -0.4 is 10.1 Å². The number of rotatable bonds is 9. The van der Waals surface area contributed by atoms with Gasteiger partial charge < -0.3 is 10.1 Å². The number of unbranched alkanes of at least 4 members (excludes halogenated alkanes) is 3. The second kappa shape index (κ2) is 9.41. The Morgan fingerprint density at radius 3 is 2.60 bits per heavy atom. The summed E-state index contributed by atoms with van der Waals surface area (Å²) >= 11 is 3.53. The summed E-state index contributed by atoms with van der Waals surface area (Å²) in [4.78, 5) is 0. The number of benzene rings is 1. The van der Waals surface area contributed by atoms with Gasteiger partial charge >= 0.3 is 0 Å². The third kappa shape index (κ3) is 5.84. The Labute approximate surface area is 132 Å². The van der Waals surface area contributed by atoms with Crippen molar-refractivity contribution in [1.82, 2.24) is 5.32 Å². The van der Waals surface area contributed by atoms with Crippen LogP contribution in [0, 0.1) is 0 Å². The smallest absolute Gasteiger partial charge is 0.125 e. The molecule has 114 valence electrons. The van der Waals surface area contributed by atoms with Crippen molar-refractivity contribution in [3.05, 3.63) is 28.2 Å². The molecule has 1 N–H and O–H groups in total. The maximum absolute atomic E-state index is 6.16. The fourth-order valence-electron chi connectivity index (χ4n) is 2.26. The van der Waals surface area contributed by atoms with E-state index in [1.54, 1.807) is 0 Å². The van der Waals surface area contributed by atoms with Gasteiger partial charge in [0.2, 0.25) is 0 Å².